The topological polar surface area (TPSA) is 75.9 Å². The number of carbonyl (C=O) groups excluding carboxylic acids is 2. The molecule has 1 aromatic rings. The Bertz CT molecular complexity index is 630. The fourth-order valence-electron chi connectivity index (χ4n) is 3.17. The highest BCUT2D eigenvalue weighted by Crippen LogP contribution is 2.16. The van der Waals surface area contributed by atoms with Gasteiger partial charge in [0.15, 0.2) is 6.10 Å². The Morgan fingerprint density at radius 2 is 1.50 bits per heavy atom. The lowest BCUT2D eigenvalue weighted by Gasteiger charge is -2.37. The molecule has 1 aliphatic heterocycles. The van der Waals surface area contributed by atoms with Gasteiger partial charge in [-0.1, -0.05) is 39.3 Å². The Labute approximate surface area is 174 Å². The van der Waals surface area contributed by atoms with Gasteiger partial charge in [0.1, 0.15) is 5.75 Å². The number of halogens is 1. The zero-order chi connectivity index (χ0) is 20.0. The van der Waals surface area contributed by atoms with E-state index in [1.807, 2.05) is 38.1 Å². The summed E-state index contributed by atoms with van der Waals surface area (Å²) in [6, 6.07) is 7.35. The first-order valence-electron chi connectivity index (χ1n) is 9.96. The van der Waals surface area contributed by atoms with Crippen molar-refractivity contribution in [2.45, 2.75) is 52.7 Å². The molecule has 1 fully saturated rings. The van der Waals surface area contributed by atoms with Crippen molar-refractivity contribution in [1.29, 1.82) is 0 Å². The molecule has 6 nitrogen and oxygen atoms in total. The Kier molecular flexibility index (Phi) is 9.76. The van der Waals surface area contributed by atoms with Crippen molar-refractivity contribution in [2.75, 3.05) is 26.2 Å². The summed E-state index contributed by atoms with van der Waals surface area (Å²) < 4.78 is 5.80. The largest absolute Gasteiger partial charge is 0.481 e. The average molecular weight is 412 g/mol. The molecular formula is C21H34ClN3O3. The zero-order valence-corrected chi connectivity index (χ0v) is 18.2. The van der Waals surface area contributed by atoms with Gasteiger partial charge < -0.3 is 20.3 Å². The number of hydrogen-bond acceptors (Lipinski definition) is 4. The minimum atomic E-state index is -0.554. The molecule has 0 saturated carbocycles. The van der Waals surface area contributed by atoms with Gasteiger partial charge in [-0.2, -0.15) is 0 Å². The second-order valence-corrected chi connectivity index (χ2v) is 7.32. The molecule has 2 N–H and O–H groups in total. The van der Waals surface area contributed by atoms with E-state index < -0.39 is 12.1 Å². The number of hydrogen-bond donors (Lipinski definition) is 1. The van der Waals surface area contributed by atoms with Crippen LogP contribution in [0.15, 0.2) is 24.3 Å². The maximum atomic E-state index is 12.7. The van der Waals surface area contributed by atoms with Crippen molar-refractivity contribution < 1.29 is 14.3 Å². The molecule has 28 heavy (non-hydrogen) atoms. The van der Waals surface area contributed by atoms with Crippen LogP contribution in [0, 0.1) is 5.92 Å². The van der Waals surface area contributed by atoms with E-state index in [0.29, 0.717) is 31.9 Å². The molecule has 3 unspecified atom stereocenters. The number of ether oxygens (including phenoxy) is 1. The molecule has 158 valence electrons. The first-order chi connectivity index (χ1) is 12.9. The molecule has 1 aromatic carbocycles. The third-order valence-corrected chi connectivity index (χ3v) is 5.44. The third kappa shape index (κ3) is 6.11. The van der Waals surface area contributed by atoms with Crippen molar-refractivity contribution in [3.8, 4) is 5.75 Å². The van der Waals surface area contributed by atoms with Gasteiger partial charge in [0.2, 0.25) is 5.91 Å². The Morgan fingerprint density at radius 1 is 1.00 bits per heavy atom. The van der Waals surface area contributed by atoms with Crippen LogP contribution in [0.5, 0.6) is 5.75 Å². The number of amides is 2. The highest BCUT2D eigenvalue weighted by molar-refractivity contribution is 5.85. The Balaban J connectivity index is 0.00000392. The van der Waals surface area contributed by atoms with Gasteiger partial charge in [0.05, 0.1) is 6.04 Å². The first-order valence-corrected chi connectivity index (χ1v) is 9.96. The van der Waals surface area contributed by atoms with E-state index in [1.54, 1.807) is 16.7 Å². The van der Waals surface area contributed by atoms with Crippen LogP contribution >= 0.6 is 12.4 Å². The number of piperazine rings is 1. The number of rotatable bonds is 7. The number of benzene rings is 1. The number of aryl methyl sites for hydroxylation is 1. The summed E-state index contributed by atoms with van der Waals surface area (Å²) in [5, 5.41) is 0. The number of nitrogens with zero attached hydrogens (tertiary/aromatic N) is 2. The van der Waals surface area contributed by atoms with Gasteiger partial charge in [0.25, 0.3) is 5.91 Å². The van der Waals surface area contributed by atoms with Gasteiger partial charge in [0, 0.05) is 26.2 Å². The molecule has 0 spiro atoms. The highest BCUT2D eigenvalue weighted by atomic mass is 35.5. The third-order valence-electron chi connectivity index (χ3n) is 5.44. The van der Waals surface area contributed by atoms with E-state index in [9.17, 15) is 9.59 Å². The van der Waals surface area contributed by atoms with Crippen LogP contribution in [0.1, 0.15) is 39.7 Å². The minimum Gasteiger partial charge on any atom is -0.481 e. The fraction of sp³-hybridized carbons (Fsp3) is 0.619. The molecule has 3 atom stereocenters. The smallest absolute Gasteiger partial charge is 0.263 e. The first kappa shape index (κ1) is 24.2. The number of nitrogens with two attached hydrogens (primary N) is 1. The predicted molar refractivity (Wildman–Crippen MR) is 114 cm³/mol. The quantitative estimate of drug-likeness (QED) is 0.747. The average Bonchev–Trinajstić information content (AvgIpc) is 2.72. The lowest BCUT2D eigenvalue weighted by atomic mass is 9.98. The van der Waals surface area contributed by atoms with Gasteiger partial charge in [-0.3, -0.25) is 9.59 Å². The monoisotopic (exact) mass is 411 g/mol. The summed E-state index contributed by atoms with van der Waals surface area (Å²) in [5.74, 6) is 0.788. The van der Waals surface area contributed by atoms with Crippen LogP contribution in [0.4, 0.5) is 0 Å². The zero-order valence-electron chi connectivity index (χ0n) is 17.4. The van der Waals surface area contributed by atoms with Gasteiger partial charge >= 0.3 is 0 Å². The second kappa shape index (κ2) is 11.3. The molecular weight excluding hydrogens is 378 g/mol. The predicted octanol–water partition coefficient (Wildman–Crippen LogP) is 2.48. The maximum Gasteiger partial charge on any atom is 0.263 e. The lowest BCUT2D eigenvalue weighted by Crippen LogP contribution is -2.56. The van der Waals surface area contributed by atoms with Gasteiger partial charge in [-0.05, 0) is 37.0 Å². The van der Waals surface area contributed by atoms with Crippen LogP contribution in [0.3, 0.4) is 0 Å². The summed E-state index contributed by atoms with van der Waals surface area (Å²) in [6.07, 6.45) is 1.29. The molecule has 2 rings (SSSR count). The van der Waals surface area contributed by atoms with Crippen molar-refractivity contribution in [3.63, 3.8) is 0 Å². The highest BCUT2D eigenvalue weighted by Gasteiger charge is 2.31. The van der Waals surface area contributed by atoms with Gasteiger partial charge in [-0.25, -0.2) is 0 Å². The normalized spacial score (nSPS) is 17.3. The maximum absolute atomic E-state index is 12.7. The summed E-state index contributed by atoms with van der Waals surface area (Å²) >= 11 is 0. The molecule has 1 aliphatic rings. The summed E-state index contributed by atoms with van der Waals surface area (Å²) in [4.78, 5) is 28.7. The Morgan fingerprint density at radius 3 is 1.96 bits per heavy atom. The summed E-state index contributed by atoms with van der Waals surface area (Å²) in [7, 11) is 0. The standard InChI is InChI=1S/C21H33N3O3.ClH/c1-5-15(3)19(22)21(26)24-13-11-23(12-14-24)20(25)16(4)27-18-9-7-17(6-2)8-10-18;/h7-10,15-16,19H,5-6,11-14,22H2,1-4H3;1H. The molecule has 2 amide bonds. The summed E-state index contributed by atoms with van der Waals surface area (Å²) in [5.41, 5.74) is 7.29. The molecule has 0 bridgehead atoms. The molecule has 7 heteroatoms. The van der Waals surface area contributed by atoms with E-state index in [0.717, 1.165) is 12.8 Å². The van der Waals surface area contributed by atoms with Crippen molar-refractivity contribution >= 4 is 24.2 Å². The van der Waals surface area contributed by atoms with Crippen LogP contribution in [0.25, 0.3) is 0 Å². The van der Waals surface area contributed by atoms with E-state index in [2.05, 4.69) is 6.92 Å². The molecule has 0 radical (unpaired) electrons. The molecule has 1 saturated heterocycles. The fourth-order valence-corrected chi connectivity index (χ4v) is 3.17. The SMILES string of the molecule is CCc1ccc(OC(C)C(=O)N2CCN(C(=O)C(N)C(C)CC)CC2)cc1.Cl. The van der Waals surface area contributed by atoms with Gasteiger partial charge in [-0.15, -0.1) is 12.4 Å². The van der Waals surface area contributed by atoms with E-state index in [-0.39, 0.29) is 30.1 Å². The Hall–Kier alpha value is -1.79. The van der Waals surface area contributed by atoms with Crippen LogP contribution in [-0.4, -0.2) is 59.9 Å². The van der Waals surface area contributed by atoms with Crippen molar-refractivity contribution in [3.05, 3.63) is 29.8 Å². The minimum absolute atomic E-state index is 0. The van der Waals surface area contributed by atoms with Crippen molar-refractivity contribution in [2.24, 2.45) is 11.7 Å². The van der Waals surface area contributed by atoms with E-state index in [4.69, 9.17) is 10.5 Å². The van der Waals surface area contributed by atoms with E-state index in [1.165, 1.54) is 5.56 Å². The second-order valence-electron chi connectivity index (χ2n) is 7.32. The molecule has 0 aromatic heterocycles. The van der Waals surface area contributed by atoms with Crippen molar-refractivity contribution in [1.82, 2.24) is 9.80 Å². The number of carbonyl (C=O) groups is 2. The van der Waals surface area contributed by atoms with Crippen LogP contribution in [-0.2, 0) is 16.0 Å². The van der Waals surface area contributed by atoms with Crippen LogP contribution < -0.4 is 10.5 Å². The van der Waals surface area contributed by atoms with E-state index >= 15 is 0 Å². The summed E-state index contributed by atoms with van der Waals surface area (Å²) in [6.45, 7) is 9.97. The molecule has 0 aliphatic carbocycles. The lowest BCUT2D eigenvalue weighted by molar-refractivity contribution is -0.144. The van der Waals surface area contributed by atoms with Crippen LogP contribution in [0.2, 0.25) is 0 Å². The molecule has 1 heterocycles.